The summed E-state index contributed by atoms with van der Waals surface area (Å²) in [6.07, 6.45) is 0.102. The molecular weight excluding hydrogens is 287 g/mol. The highest BCUT2D eigenvalue weighted by Crippen LogP contribution is 2.23. The van der Waals surface area contributed by atoms with Crippen LogP contribution in [-0.2, 0) is 11.4 Å². The molecule has 0 saturated carbocycles. The number of carbonyl (C=O) groups is 1. The Labute approximate surface area is 118 Å². The molecule has 0 heterocycles. The maximum Gasteiger partial charge on any atom is 0.270 e. The first-order chi connectivity index (χ1) is 9.15. The van der Waals surface area contributed by atoms with Crippen molar-refractivity contribution in [2.45, 2.75) is 31.4 Å². The molecule has 1 aromatic rings. The Morgan fingerprint density at radius 3 is 2.60 bits per heavy atom. The number of hydrogen-bond acceptors (Lipinski definition) is 5. The minimum Gasteiger partial charge on any atom is -0.598 e. The van der Waals surface area contributed by atoms with Gasteiger partial charge in [-0.25, -0.2) is 4.39 Å². The zero-order chi connectivity index (χ0) is 15.5. The summed E-state index contributed by atoms with van der Waals surface area (Å²) in [4.78, 5) is 21.8. The molecular formula is C12H15FN2O4S. The van der Waals surface area contributed by atoms with E-state index in [4.69, 9.17) is 5.14 Å². The number of nitro benzene ring substituents is 1. The number of benzene rings is 1. The fourth-order valence-corrected chi connectivity index (χ4v) is 1.79. The van der Waals surface area contributed by atoms with Gasteiger partial charge in [0, 0.05) is 36.3 Å². The number of halogens is 1. The molecule has 0 bridgehead atoms. The second-order valence-electron chi connectivity index (χ2n) is 4.90. The van der Waals surface area contributed by atoms with Crippen molar-refractivity contribution in [2.24, 2.45) is 5.14 Å². The Hall–Kier alpha value is -1.51. The molecule has 0 fully saturated rings. The van der Waals surface area contributed by atoms with Crippen LogP contribution >= 0.6 is 0 Å². The summed E-state index contributed by atoms with van der Waals surface area (Å²) >= 11 is -1.62. The van der Waals surface area contributed by atoms with Gasteiger partial charge in [0.1, 0.15) is 10.6 Å². The van der Waals surface area contributed by atoms with Crippen LogP contribution < -0.4 is 5.14 Å². The summed E-state index contributed by atoms with van der Waals surface area (Å²) < 4.78 is 24.0. The maximum atomic E-state index is 13.5. The third-order valence-electron chi connectivity index (χ3n) is 2.96. The molecule has 0 aliphatic heterocycles. The summed E-state index contributed by atoms with van der Waals surface area (Å²) in [5, 5.41) is 15.9. The average molecular weight is 302 g/mol. The van der Waals surface area contributed by atoms with Crippen LogP contribution in [0.4, 0.5) is 10.1 Å². The Morgan fingerprint density at radius 2 is 2.10 bits per heavy atom. The van der Waals surface area contributed by atoms with Gasteiger partial charge in [-0.15, -0.1) is 0 Å². The first-order valence-electron chi connectivity index (χ1n) is 5.78. The molecule has 1 aromatic carbocycles. The monoisotopic (exact) mass is 302 g/mol. The smallest absolute Gasteiger partial charge is 0.270 e. The quantitative estimate of drug-likeness (QED) is 0.374. The van der Waals surface area contributed by atoms with Crippen molar-refractivity contribution in [1.82, 2.24) is 0 Å². The summed E-state index contributed by atoms with van der Waals surface area (Å²) in [7, 11) is 0. The molecule has 0 amide bonds. The number of Topliss-reactive ketones (excluding diaryl/α,β-unsaturated/α-hetero) is 1. The molecule has 0 aliphatic carbocycles. The topological polar surface area (TPSA) is 109 Å². The lowest BCUT2D eigenvalue weighted by Gasteiger charge is -2.23. The van der Waals surface area contributed by atoms with Crippen molar-refractivity contribution in [1.29, 1.82) is 0 Å². The van der Waals surface area contributed by atoms with E-state index in [0.717, 1.165) is 18.2 Å². The standard InChI is InChI=1S/C12H15FN2O4S/c1-12(2,20(14)19)6-5-11(16)9-7-8(15(17)18)3-4-10(9)13/h3-4,7H,5-6,14H2,1-2H3. The molecule has 0 aromatic heterocycles. The van der Waals surface area contributed by atoms with Gasteiger partial charge < -0.3 is 4.55 Å². The van der Waals surface area contributed by atoms with E-state index < -0.39 is 32.6 Å². The van der Waals surface area contributed by atoms with Crippen molar-refractivity contribution >= 4 is 22.8 Å². The van der Waals surface area contributed by atoms with Gasteiger partial charge in [0.25, 0.3) is 5.69 Å². The first kappa shape index (κ1) is 16.5. The molecule has 0 spiro atoms. The predicted octanol–water partition coefficient (Wildman–Crippen LogP) is 2.10. The van der Waals surface area contributed by atoms with E-state index in [9.17, 15) is 23.9 Å². The molecule has 1 atom stereocenters. The van der Waals surface area contributed by atoms with Gasteiger partial charge >= 0.3 is 0 Å². The molecule has 0 saturated heterocycles. The zero-order valence-corrected chi connectivity index (χ0v) is 11.9. The molecule has 1 rings (SSSR count). The van der Waals surface area contributed by atoms with Gasteiger partial charge in [0.05, 0.1) is 10.5 Å². The van der Waals surface area contributed by atoms with Gasteiger partial charge in [-0.3, -0.25) is 14.9 Å². The summed E-state index contributed by atoms with van der Waals surface area (Å²) in [5.74, 6) is -1.39. The van der Waals surface area contributed by atoms with E-state index in [-0.39, 0.29) is 24.1 Å². The minimum absolute atomic E-state index is 0.0893. The summed E-state index contributed by atoms with van der Waals surface area (Å²) in [6, 6.07) is 2.78. The molecule has 6 nitrogen and oxygen atoms in total. The number of nitro groups is 1. The maximum absolute atomic E-state index is 13.5. The molecule has 20 heavy (non-hydrogen) atoms. The molecule has 2 N–H and O–H groups in total. The lowest BCUT2D eigenvalue weighted by molar-refractivity contribution is -0.384. The lowest BCUT2D eigenvalue weighted by atomic mass is 10.00. The van der Waals surface area contributed by atoms with Crippen LogP contribution in [0.5, 0.6) is 0 Å². The van der Waals surface area contributed by atoms with Gasteiger partial charge in [-0.05, 0) is 19.9 Å². The first-order valence-corrected chi connectivity index (χ1v) is 7.00. The van der Waals surface area contributed by atoms with E-state index in [1.54, 1.807) is 13.8 Å². The zero-order valence-electron chi connectivity index (χ0n) is 11.1. The summed E-state index contributed by atoms with van der Waals surface area (Å²) in [5.41, 5.74) is -0.686. The van der Waals surface area contributed by atoms with Crippen LogP contribution in [0.2, 0.25) is 0 Å². The fraction of sp³-hybridized carbons (Fsp3) is 0.417. The third-order valence-corrected chi connectivity index (χ3v) is 4.25. The lowest BCUT2D eigenvalue weighted by Crippen LogP contribution is -2.38. The number of hydrogen-bond donors (Lipinski definition) is 1. The largest absolute Gasteiger partial charge is 0.598 e. The molecule has 1 unspecified atom stereocenters. The van der Waals surface area contributed by atoms with E-state index in [2.05, 4.69) is 0 Å². The number of ketones is 1. The van der Waals surface area contributed by atoms with Crippen LogP contribution in [-0.4, -0.2) is 20.0 Å². The number of non-ortho nitro benzene ring substituents is 1. The molecule has 0 radical (unpaired) electrons. The summed E-state index contributed by atoms with van der Waals surface area (Å²) in [6.45, 7) is 3.25. The average Bonchev–Trinajstić information content (AvgIpc) is 2.36. The van der Waals surface area contributed by atoms with Gasteiger partial charge in [-0.1, -0.05) is 0 Å². The Morgan fingerprint density at radius 1 is 1.50 bits per heavy atom. The van der Waals surface area contributed by atoms with E-state index in [1.165, 1.54) is 0 Å². The van der Waals surface area contributed by atoms with Gasteiger partial charge in [0.15, 0.2) is 5.78 Å². The van der Waals surface area contributed by atoms with Crippen LogP contribution in [0.1, 0.15) is 37.0 Å². The third kappa shape index (κ3) is 3.99. The van der Waals surface area contributed by atoms with Crippen molar-refractivity contribution < 1.29 is 18.7 Å². The Balaban J connectivity index is 2.88. The van der Waals surface area contributed by atoms with Gasteiger partial charge in [0.2, 0.25) is 0 Å². The minimum atomic E-state index is -1.62. The van der Waals surface area contributed by atoms with Crippen molar-refractivity contribution in [2.75, 3.05) is 0 Å². The van der Waals surface area contributed by atoms with Crippen LogP contribution in [0.15, 0.2) is 18.2 Å². The van der Waals surface area contributed by atoms with E-state index >= 15 is 0 Å². The van der Waals surface area contributed by atoms with E-state index in [0.29, 0.717) is 0 Å². The number of nitrogens with two attached hydrogens (primary N) is 1. The highest BCUT2D eigenvalue weighted by Gasteiger charge is 2.31. The van der Waals surface area contributed by atoms with Gasteiger partial charge in [-0.2, -0.15) is 5.14 Å². The van der Waals surface area contributed by atoms with Crippen molar-refractivity contribution in [3.63, 3.8) is 0 Å². The van der Waals surface area contributed by atoms with Crippen LogP contribution in [0.3, 0.4) is 0 Å². The fourth-order valence-electron chi connectivity index (χ4n) is 1.49. The number of carbonyl (C=O) groups excluding carboxylic acids is 1. The predicted molar refractivity (Wildman–Crippen MR) is 73.0 cm³/mol. The van der Waals surface area contributed by atoms with Crippen molar-refractivity contribution in [3.05, 3.63) is 39.7 Å². The Kier molecular flexibility index (Phi) is 5.21. The molecule has 8 heteroatoms. The van der Waals surface area contributed by atoms with Crippen LogP contribution in [0, 0.1) is 15.9 Å². The molecule has 0 aliphatic rings. The van der Waals surface area contributed by atoms with E-state index in [1.807, 2.05) is 0 Å². The van der Waals surface area contributed by atoms with Crippen LogP contribution in [0.25, 0.3) is 0 Å². The Bertz CT molecular complexity index is 534. The second-order valence-corrected chi connectivity index (χ2v) is 6.60. The normalized spacial score (nSPS) is 13.1. The number of nitrogens with zero attached hydrogens (tertiary/aromatic N) is 1. The highest BCUT2D eigenvalue weighted by molar-refractivity contribution is 7.90. The second kappa shape index (κ2) is 6.29. The molecule has 110 valence electrons. The van der Waals surface area contributed by atoms with Crippen molar-refractivity contribution in [3.8, 4) is 0 Å². The highest BCUT2D eigenvalue weighted by atomic mass is 32.2. The number of rotatable bonds is 6. The SMILES string of the molecule is CC(C)(CCC(=O)c1cc([N+](=O)[O-])ccc1F)[S+](N)[O-].